The molecule has 1 atom stereocenters. The summed E-state index contributed by atoms with van der Waals surface area (Å²) in [5.74, 6) is 0.0852. The third kappa shape index (κ3) is 4.10. The van der Waals surface area contributed by atoms with Gasteiger partial charge in [0.15, 0.2) is 0 Å². The Hall–Kier alpha value is -2.14. The predicted octanol–water partition coefficient (Wildman–Crippen LogP) is 4.61. The molecule has 2 heterocycles. The molecule has 0 aliphatic rings. The molecule has 0 bridgehead atoms. The molecule has 1 N–H and O–H groups in total. The Labute approximate surface area is 156 Å². The van der Waals surface area contributed by atoms with Crippen molar-refractivity contribution in [1.29, 1.82) is 0 Å². The number of fused-ring (bicyclic) bond motifs is 1. The minimum atomic E-state index is 0.0852. The first-order valence-corrected chi connectivity index (χ1v) is 9.39. The highest BCUT2D eigenvalue weighted by molar-refractivity contribution is 9.10. The lowest BCUT2D eigenvalue weighted by atomic mass is 10.1. The first-order chi connectivity index (χ1) is 12.1. The SMILES string of the molecule is CC[C@H](C)NC(=O)CCc1c(-c2ccc(Br)cc2)nc2ccccn12. The molecule has 0 radical (unpaired) electrons. The molecule has 4 nitrogen and oxygen atoms in total. The van der Waals surface area contributed by atoms with Crippen LogP contribution in [0.3, 0.4) is 0 Å². The molecule has 0 unspecified atom stereocenters. The number of imidazole rings is 1. The van der Waals surface area contributed by atoms with E-state index >= 15 is 0 Å². The standard InChI is InChI=1S/C20H22BrN3O/c1-3-14(2)22-19(25)12-11-17-20(15-7-9-16(21)10-8-15)23-18-6-4-5-13-24(17)18/h4-10,13-14H,3,11-12H2,1-2H3,(H,22,25)/t14-/m0/s1. The summed E-state index contributed by atoms with van der Waals surface area (Å²) in [6, 6.07) is 14.3. The molecule has 0 fully saturated rings. The lowest BCUT2D eigenvalue weighted by Gasteiger charge is -2.11. The molecule has 0 aliphatic heterocycles. The largest absolute Gasteiger partial charge is 0.354 e. The smallest absolute Gasteiger partial charge is 0.220 e. The number of halogens is 1. The van der Waals surface area contributed by atoms with Gasteiger partial charge < -0.3 is 9.72 Å². The Bertz CT molecular complexity index is 870. The Kier molecular flexibility index (Phi) is 5.53. The second kappa shape index (κ2) is 7.83. The molecule has 3 aromatic rings. The minimum absolute atomic E-state index is 0.0852. The van der Waals surface area contributed by atoms with E-state index in [2.05, 4.69) is 44.7 Å². The van der Waals surface area contributed by atoms with Gasteiger partial charge in [-0.25, -0.2) is 4.98 Å². The van der Waals surface area contributed by atoms with Crippen molar-refractivity contribution in [3.8, 4) is 11.3 Å². The van der Waals surface area contributed by atoms with Crippen LogP contribution in [0.2, 0.25) is 0 Å². The third-order valence-electron chi connectivity index (χ3n) is 4.36. The van der Waals surface area contributed by atoms with E-state index in [1.807, 2.05) is 43.5 Å². The van der Waals surface area contributed by atoms with E-state index < -0.39 is 0 Å². The van der Waals surface area contributed by atoms with E-state index in [-0.39, 0.29) is 11.9 Å². The van der Waals surface area contributed by atoms with Crippen molar-refractivity contribution < 1.29 is 4.79 Å². The number of nitrogens with one attached hydrogen (secondary N) is 1. The molecule has 0 aliphatic carbocycles. The normalized spacial score (nSPS) is 12.3. The van der Waals surface area contributed by atoms with Crippen molar-refractivity contribution in [2.24, 2.45) is 0 Å². The number of nitrogens with zero attached hydrogens (tertiary/aromatic N) is 2. The fourth-order valence-corrected chi connectivity index (χ4v) is 3.07. The zero-order valence-corrected chi connectivity index (χ0v) is 16.1. The monoisotopic (exact) mass is 399 g/mol. The molecule has 25 heavy (non-hydrogen) atoms. The number of aromatic nitrogens is 2. The Morgan fingerprint density at radius 3 is 2.72 bits per heavy atom. The fraction of sp³-hybridized carbons (Fsp3) is 0.300. The summed E-state index contributed by atoms with van der Waals surface area (Å²) in [7, 11) is 0. The second-order valence-corrected chi connectivity index (χ2v) is 7.14. The fourth-order valence-electron chi connectivity index (χ4n) is 2.81. The highest BCUT2D eigenvalue weighted by Gasteiger charge is 2.15. The van der Waals surface area contributed by atoms with Crippen LogP contribution in [0.25, 0.3) is 16.9 Å². The Morgan fingerprint density at radius 1 is 1.24 bits per heavy atom. The van der Waals surface area contributed by atoms with Crippen LogP contribution in [0.15, 0.2) is 53.1 Å². The van der Waals surface area contributed by atoms with Gasteiger partial charge >= 0.3 is 0 Å². The van der Waals surface area contributed by atoms with Crippen molar-refractivity contribution in [1.82, 2.24) is 14.7 Å². The van der Waals surface area contributed by atoms with Gasteiger partial charge in [0.1, 0.15) is 5.65 Å². The quantitative estimate of drug-likeness (QED) is 0.657. The number of carbonyl (C=O) groups excluding carboxylic acids is 1. The number of benzene rings is 1. The summed E-state index contributed by atoms with van der Waals surface area (Å²) < 4.78 is 3.11. The summed E-state index contributed by atoms with van der Waals surface area (Å²) >= 11 is 3.47. The molecule has 0 saturated heterocycles. The number of rotatable bonds is 6. The van der Waals surface area contributed by atoms with E-state index in [0.717, 1.165) is 33.5 Å². The van der Waals surface area contributed by atoms with Gasteiger partial charge in [0.2, 0.25) is 5.91 Å². The molecule has 3 rings (SSSR count). The number of amides is 1. The Balaban J connectivity index is 1.91. The van der Waals surface area contributed by atoms with Crippen LogP contribution in [-0.2, 0) is 11.2 Å². The number of carbonyl (C=O) groups is 1. The molecule has 1 aromatic carbocycles. The lowest BCUT2D eigenvalue weighted by molar-refractivity contribution is -0.121. The zero-order chi connectivity index (χ0) is 17.8. The van der Waals surface area contributed by atoms with Crippen LogP contribution < -0.4 is 5.32 Å². The van der Waals surface area contributed by atoms with Crippen LogP contribution in [0.1, 0.15) is 32.4 Å². The van der Waals surface area contributed by atoms with Crippen LogP contribution in [0, 0.1) is 0 Å². The van der Waals surface area contributed by atoms with E-state index in [4.69, 9.17) is 4.98 Å². The molecular weight excluding hydrogens is 378 g/mol. The van der Waals surface area contributed by atoms with Gasteiger partial charge in [-0.3, -0.25) is 4.79 Å². The van der Waals surface area contributed by atoms with Crippen LogP contribution in [-0.4, -0.2) is 21.3 Å². The summed E-state index contributed by atoms with van der Waals surface area (Å²) in [4.78, 5) is 17.0. The molecule has 0 spiro atoms. The van der Waals surface area contributed by atoms with Crippen molar-refractivity contribution in [3.05, 3.63) is 58.8 Å². The van der Waals surface area contributed by atoms with Gasteiger partial charge in [-0.15, -0.1) is 0 Å². The third-order valence-corrected chi connectivity index (χ3v) is 4.88. The number of hydrogen-bond acceptors (Lipinski definition) is 2. The number of pyridine rings is 1. The van der Waals surface area contributed by atoms with Gasteiger partial charge in [0, 0.05) is 28.7 Å². The first-order valence-electron chi connectivity index (χ1n) is 8.59. The molecular formula is C20H22BrN3O. The van der Waals surface area contributed by atoms with Gasteiger partial charge in [-0.2, -0.15) is 0 Å². The van der Waals surface area contributed by atoms with Gasteiger partial charge in [-0.05, 0) is 44.0 Å². The first kappa shape index (κ1) is 17.7. The van der Waals surface area contributed by atoms with Gasteiger partial charge in [-0.1, -0.05) is 41.1 Å². The highest BCUT2D eigenvalue weighted by atomic mass is 79.9. The minimum Gasteiger partial charge on any atom is -0.354 e. The van der Waals surface area contributed by atoms with E-state index in [1.54, 1.807) is 0 Å². The van der Waals surface area contributed by atoms with Crippen molar-refractivity contribution in [2.75, 3.05) is 0 Å². The lowest BCUT2D eigenvalue weighted by Crippen LogP contribution is -2.32. The maximum absolute atomic E-state index is 12.2. The van der Waals surface area contributed by atoms with E-state index in [1.165, 1.54) is 0 Å². The zero-order valence-electron chi connectivity index (χ0n) is 14.5. The van der Waals surface area contributed by atoms with E-state index in [9.17, 15) is 4.79 Å². The predicted molar refractivity (Wildman–Crippen MR) is 105 cm³/mol. The molecule has 5 heteroatoms. The molecule has 1 amide bonds. The maximum atomic E-state index is 12.2. The average molecular weight is 400 g/mol. The summed E-state index contributed by atoms with van der Waals surface area (Å²) in [5.41, 5.74) is 3.97. The Morgan fingerprint density at radius 2 is 2.00 bits per heavy atom. The van der Waals surface area contributed by atoms with Crippen LogP contribution in [0.5, 0.6) is 0 Å². The van der Waals surface area contributed by atoms with Crippen molar-refractivity contribution in [3.63, 3.8) is 0 Å². The molecule has 0 saturated carbocycles. The van der Waals surface area contributed by atoms with E-state index in [0.29, 0.717) is 12.8 Å². The molecule has 130 valence electrons. The van der Waals surface area contributed by atoms with Gasteiger partial charge in [0.05, 0.1) is 11.4 Å². The van der Waals surface area contributed by atoms with Crippen LogP contribution >= 0.6 is 15.9 Å². The summed E-state index contributed by atoms with van der Waals surface area (Å²) in [5, 5.41) is 3.03. The van der Waals surface area contributed by atoms with Crippen molar-refractivity contribution in [2.45, 2.75) is 39.2 Å². The topological polar surface area (TPSA) is 46.4 Å². The number of hydrogen-bond donors (Lipinski definition) is 1. The second-order valence-electron chi connectivity index (χ2n) is 6.22. The molecule has 2 aromatic heterocycles. The average Bonchev–Trinajstić information content (AvgIpc) is 2.99. The highest BCUT2D eigenvalue weighted by Crippen LogP contribution is 2.26. The number of aryl methyl sites for hydroxylation is 1. The van der Waals surface area contributed by atoms with Gasteiger partial charge in [0.25, 0.3) is 0 Å². The van der Waals surface area contributed by atoms with Crippen LogP contribution in [0.4, 0.5) is 0 Å². The summed E-state index contributed by atoms with van der Waals surface area (Å²) in [6.45, 7) is 4.10. The maximum Gasteiger partial charge on any atom is 0.220 e. The van der Waals surface area contributed by atoms with Crippen molar-refractivity contribution >= 4 is 27.5 Å². The summed E-state index contributed by atoms with van der Waals surface area (Å²) in [6.07, 6.45) is 4.05.